The second kappa shape index (κ2) is 4.28. The van der Waals surface area contributed by atoms with E-state index in [1.165, 1.54) is 0 Å². The van der Waals surface area contributed by atoms with Crippen molar-refractivity contribution >= 4 is 23.0 Å². The summed E-state index contributed by atoms with van der Waals surface area (Å²) < 4.78 is 0. The van der Waals surface area contributed by atoms with Crippen LogP contribution in [0, 0.1) is 0 Å². The lowest BCUT2D eigenvalue weighted by Gasteiger charge is -2.27. The molecule has 4 nitrogen and oxygen atoms in total. The van der Waals surface area contributed by atoms with E-state index in [9.17, 15) is 4.79 Å². The van der Waals surface area contributed by atoms with E-state index < -0.39 is 0 Å². The maximum absolute atomic E-state index is 11.4. The SMILES string of the molecule is CC(C)N(C)c1cc2c(cc1N)CCC(=O)N2. The number of nitrogen functional groups attached to an aromatic ring is 1. The van der Waals surface area contributed by atoms with E-state index in [4.69, 9.17) is 5.73 Å². The number of carbonyl (C=O) groups excluding carboxylic acids is 1. The quantitative estimate of drug-likeness (QED) is 0.768. The molecule has 1 heterocycles. The highest BCUT2D eigenvalue weighted by molar-refractivity contribution is 5.95. The van der Waals surface area contributed by atoms with E-state index in [1.54, 1.807) is 0 Å². The van der Waals surface area contributed by atoms with Crippen LogP contribution in [-0.2, 0) is 11.2 Å². The third-order valence-electron chi connectivity index (χ3n) is 3.30. The standard InChI is InChI=1S/C13H19N3O/c1-8(2)16(3)12-7-11-9(6-10(12)14)4-5-13(17)15-11/h6-8H,4-5,14H2,1-3H3,(H,15,17). The smallest absolute Gasteiger partial charge is 0.224 e. The van der Waals surface area contributed by atoms with Crippen LogP contribution in [0.4, 0.5) is 17.1 Å². The summed E-state index contributed by atoms with van der Waals surface area (Å²) in [4.78, 5) is 13.5. The van der Waals surface area contributed by atoms with Gasteiger partial charge in [-0.1, -0.05) is 0 Å². The second-order valence-corrected chi connectivity index (χ2v) is 4.82. The van der Waals surface area contributed by atoms with E-state index in [0.717, 1.165) is 29.0 Å². The summed E-state index contributed by atoms with van der Waals surface area (Å²) in [5.41, 5.74) is 9.84. The third kappa shape index (κ3) is 2.20. The largest absolute Gasteiger partial charge is 0.397 e. The Hall–Kier alpha value is -1.71. The molecule has 0 unspecified atom stereocenters. The summed E-state index contributed by atoms with van der Waals surface area (Å²) in [7, 11) is 2.01. The molecule has 92 valence electrons. The number of rotatable bonds is 2. The summed E-state index contributed by atoms with van der Waals surface area (Å²) in [6.45, 7) is 4.22. The Balaban J connectivity index is 2.42. The molecule has 4 heteroatoms. The average molecular weight is 233 g/mol. The number of hydrogen-bond donors (Lipinski definition) is 2. The number of nitrogens with zero attached hydrogens (tertiary/aromatic N) is 1. The summed E-state index contributed by atoms with van der Waals surface area (Å²) in [5.74, 6) is 0.0837. The molecule has 1 amide bonds. The first kappa shape index (κ1) is 11.8. The van der Waals surface area contributed by atoms with Crippen molar-refractivity contribution in [2.24, 2.45) is 0 Å². The number of nitrogens with two attached hydrogens (primary N) is 1. The van der Waals surface area contributed by atoms with Gasteiger partial charge in [0.25, 0.3) is 0 Å². The van der Waals surface area contributed by atoms with Crippen molar-refractivity contribution in [2.45, 2.75) is 32.7 Å². The minimum absolute atomic E-state index is 0.0837. The van der Waals surface area contributed by atoms with Crippen LogP contribution in [0.3, 0.4) is 0 Å². The fraction of sp³-hybridized carbons (Fsp3) is 0.462. The lowest BCUT2D eigenvalue weighted by atomic mass is 10.0. The number of amides is 1. The molecule has 0 aliphatic carbocycles. The van der Waals surface area contributed by atoms with Crippen molar-refractivity contribution in [2.75, 3.05) is 23.0 Å². The Morgan fingerprint density at radius 1 is 1.35 bits per heavy atom. The fourth-order valence-corrected chi connectivity index (χ4v) is 2.02. The molecule has 17 heavy (non-hydrogen) atoms. The fourth-order valence-electron chi connectivity index (χ4n) is 2.02. The molecule has 1 aromatic carbocycles. The lowest BCUT2D eigenvalue weighted by molar-refractivity contribution is -0.116. The Bertz CT molecular complexity index is 454. The highest BCUT2D eigenvalue weighted by atomic mass is 16.1. The highest BCUT2D eigenvalue weighted by Crippen LogP contribution is 2.33. The van der Waals surface area contributed by atoms with Crippen molar-refractivity contribution < 1.29 is 4.79 Å². The van der Waals surface area contributed by atoms with Crippen LogP contribution in [0.15, 0.2) is 12.1 Å². The van der Waals surface area contributed by atoms with Gasteiger partial charge in [-0.05, 0) is 38.0 Å². The summed E-state index contributed by atoms with van der Waals surface area (Å²) in [6, 6.07) is 4.32. The van der Waals surface area contributed by atoms with Gasteiger partial charge in [-0.2, -0.15) is 0 Å². The van der Waals surface area contributed by atoms with Crippen molar-refractivity contribution in [1.29, 1.82) is 0 Å². The number of hydrogen-bond acceptors (Lipinski definition) is 3. The maximum Gasteiger partial charge on any atom is 0.224 e. The predicted molar refractivity (Wildman–Crippen MR) is 71.3 cm³/mol. The van der Waals surface area contributed by atoms with Gasteiger partial charge in [0, 0.05) is 25.2 Å². The molecular weight excluding hydrogens is 214 g/mol. The maximum atomic E-state index is 11.4. The van der Waals surface area contributed by atoms with Gasteiger partial charge < -0.3 is 16.0 Å². The van der Waals surface area contributed by atoms with Gasteiger partial charge in [-0.15, -0.1) is 0 Å². The highest BCUT2D eigenvalue weighted by Gasteiger charge is 2.18. The van der Waals surface area contributed by atoms with Crippen LogP contribution in [-0.4, -0.2) is 19.0 Å². The Morgan fingerprint density at radius 3 is 2.71 bits per heavy atom. The van der Waals surface area contributed by atoms with Gasteiger partial charge in [0.05, 0.1) is 11.4 Å². The number of benzene rings is 1. The molecule has 0 saturated heterocycles. The summed E-state index contributed by atoms with van der Waals surface area (Å²) in [6.07, 6.45) is 1.32. The number of anilines is 3. The lowest BCUT2D eigenvalue weighted by Crippen LogP contribution is -2.27. The molecular formula is C13H19N3O. The first-order valence-corrected chi connectivity index (χ1v) is 5.94. The van der Waals surface area contributed by atoms with E-state index in [-0.39, 0.29) is 5.91 Å². The van der Waals surface area contributed by atoms with Crippen LogP contribution in [0.2, 0.25) is 0 Å². The minimum atomic E-state index is 0.0837. The molecule has 0 saturated carbocycles. The van der Waals surface area contributed by atoms with Crippen molar-refractivity contribution in [3.8, 4) is 0 Å². The zero-order valence-corrected chi connectivity index (χ0v) is 10.6. The second-order valence-electron chi connectivity index (χ2n) is 4.82. The number of carbonyl (C=O) groups is 1. The van der Waals surface area contributed by atoms with Crippen molar-refractivity contribution in [3.05, 3.63) is 17.7 Å². The van der Waals surface area contributed by atoms with Crippen molar-refractivity contribution in [3.63, 3.8) is 0 Å². The molecule has 0 aromatic heterocycles. The van der Waals surface area contributed by atoms with E-state index in [0.29, 0.717) is 12.5 Å². The Morgan fingerprint density at radius 2 is 2.06 bits per heavy atom. The van der Waals surface area contributed by atoms with Gasteiger partial charge in [0.15, 0.2) is 0 Å². The molecule has 3 N–H and O–H groups in total. The third-order valence-corrected chi connectivity index (χ3v) is 3.30. The van der Waals surface area contributed by atoms with Gasteiger partial charge in [0.2, 0.25) is 5.91 Å². The van der Waals surface area contributed by atoms with E-state index >= 15 is 0 Å². The first-order valence-electron chi connectivity index (χ1n) is 5.94. The zero-order chi connectivity index (χ0) is 12.6. The van der Waals surface area contributed by atoms with Crippen LogP contribution in [0.25, 0.3) is 0 Å². The minimum Gasteiger partial charge on any atom is -0.397 e. The van der Waals surface area contributed by atoms with Gasteiger partial charge in [-0.25, -0.2) is 0 Å². The summed E-state index contributed by atoms with van der Waals surface area (Å²) >= 11 is 0. The topological polar surface area (TPSA) is 58.4 Å². The molecule has 0 fully saturated rings. The molecule has 0 spiro atoms. The molecule has 0 bridgehead atoms. The molecule has 0 radical (unpaired) electrons. The van der Waals surface area contributed by atoms with Crippen LogP contribution >= 0.6 is 0 Å². The first-order chi connectivity index (χ1) is 7.99. The summed E-state index contributed by atoms with van der Waals surface area (Å²) in [5, 5.41) is 2.90. The number of aryl methyl sites for hydroxylation is 1. The molecule has 1 aliphatic rings. The molecule has 1 aromatic rings. The van der Waals surface area contributed by atoms with E-state index in [2.05, 4.69) is 24.1 Å². The molecule has 2 rings (SSSR count). The van der Waals surface area contributed by atoms with Crippen LogP contribution < -0.4 is 16.0 Å². The zero-order valence-electron chi connectivity index (χ0n) is 10.6. The number of nitrogens with one attached hydrogen (secondary N) is 1. The molecule has 1 aliphatic heterocycles. The van der Waals surface area contributed by atoms with Gasteiger partial charge >= 0.3 is 0 Å². The van der Waals surface area contributed by atoms with Crippen LogP contribution in [0.5, 0.6) is 0 Å². The van der Waals surface area contributed by atoms with Gasteiger partial charge in [-0.3, -0.25) is 4.79 Å². The monoisotopic (exact) mass is 233 g/mol. The predicted octanol–water partition coefficient (Wildman–Crippen LogP) is 2.00. The average Bonchev–Trinajstić information content (AvgIpc) is 2.27. The normalized spacial score (nSPS) is 14.5. The van der Waals surface area contributed by atoms with Crippen LogP contribution in [0.1, 0.15) is 25.8 Å². The Labute approximate surface area is 102 Å². The Kier molecular flexibility index (Phi) is 2.96. The van der Waals surface area contributed by atoms with Crippen molar-refractivity contribution in [1.82, 2.24) is 0 Å². The molecule has 0 atom stereocenters. The number of fused-ring (bicyclic) bond motifs is 1. The van der Waals surface area contributed by atoms with E-state index in [1.807, 2.05) is 19.2 Å². The van der Waals surface area contributed by atoms with Gasteiger partial charge in [0.1, 0.15) is 0 Å².